The van der Waals surface area contributed by atoms with E-state index < -0.39 is 0 Å². The SMILES string of the molecule is CCN(CCC(C#N)NC)c1cccc(C)c1. The molecule has 1 aromatic rings. The second-order valence-corrected chi connectivity index (χ2v) is 4.18. The highest BCUT2D eigenvalue weighted by molar-refractivity contribution is 5.48. The molecule has 0 radical (unpaired) electrons. The van der Waals surface area contributed by atoms with Gasteiger partial charge in [0.15, 0.2) is 0 Å². The maximum absolute atomic E-state index is 8.90. The van der Waals surface area contributed by atoms with Crippen molar-refractivity contribution >= 4 is 5.69 Å². The minimum Gasteiger partial charge on any atom is -0.372 e. The molecule has 0 aliphatic heterocycles. The first-order valence-corrected chi connectivity index (χ1v) is 6.09. The molecular formula is C14H21N3. The van der Waals surface area contributed by atoms with Crippen molar-refractivity contribution in [3.63, 3.8) is 0 Å². The van der Waals surface area contributed by atoms with Crippen molar-refractivity contribution in [2.45, 2.75) is 26.3 Å². The van der Waals surface area contributed by atoms with Crippen LogP contribution in [-0.2, 0) is 0 Å². The summed E-state index contributed by atoms with van der Waals surface area (Å²) in [5.41, 5.74) is 2.51. The van der Waals surface area contributed by atoms with Gasteiger partial charge in [0.1, 0.15) is 0 Å². The lowest BCUT2D eigenvalue weighted by Gasteiger charge is -2.24. The Balaban J connectivity index is 2.63. The van der Waals surface area contributed by atoms with Crippen molar-refractivity contribution < 1.29 is 0 Å². The van der Waals surface area contributed by atoms with Gasteiger partial charge < -0.3 is 10.2 Å². The predicted octanol–water partition coefficient (Wildman–Crippen LogP) is 2.32. The third-order valence-corrected chi connectivity index (χ3v) is 2.94. The zero-order chi connectivity index (χ0) is 12.7. The second kappa shape index (κ2) is 6.93. The van der Waals surface area contributed by atoms with E-state index in [9.17, 15) is 0 Å². The average Bonchev–Trinajstić information content (AvgIpc) is 2.35. The molecule has 92 valence electrons. The van der Waals surface area contributed by atoms with Crippen molar-refractivity contribution in [2.24, 2.45) is 0 Å². The fourth-order valence-corrected chi connectivity index (χ4v) is 1.85. The van der Waals surface area contributed by atoms with Gasteiger partial charge in [0.25, 0.3) is 0 Å². The van der Waals surface area contributed by atoms with Crippen molar-refractivity contribution in [1.29, 1.82) is 5.26 Å². The van der Waals surface area contributed by atoms with E-state index in [0.717, 1.165) is 19.5 Å². The largest absolute Gasteiger partial charge is 0.372 e. The summed E-state index contributed by atoms with van der Waals surface area (Å²) in [7, 11) is 1.83. The Hall–Kier alpha value is -1.53. The first-order chi connectivity index (χ1) is 8.21. The number of benzene rings is 1. The van der Waals surface area contributed by atoms with Gasteiger partial charge in [-0.2, -0.15) is 5.26 Å². The van der Waals surface area contributed by atoms with Crippen LogP contribution in [-0.4, -0.2) is 26.2 Å². The molecule has 1 rings (SSSR count). The van der Waals surface area contributed by atoms with Crippen LogP contribution in [0.15, 0.2) is 24.3 Å². The fraction of sp³-hybridized carbons (Fsp3) is 0.500. The summed E-state index contributed by atoms with van der Waals surface area (Å²) < 4.78 is 0. The van der Waals surface area contributed by atoms with E-state index in [-0.39, 0.29) is 6.04 Å². The molecule has 1 aromatic carbocycles. The molecule has 0 spiro atoms. The number of anilines is 1. The molecule has 0 fully saturated rings. The van der Waals surface area contributed by atoms with E-state index in [4.69, 9.17) is 5.26 Å². The number of hydrogen-bond acceptors (Lipinski definition) is 3. The zero-order valence-corrected chi connectivity index (χ0v) is 10.9. The van der Waals surface area contributed by atoms with Gasteiger partial charge in [-0.15, -0.1) is 0 Å². The number of rotatable bonds is 6. The van der Waals surface area contributed by atoms with Crippen LogP contribution in [0.4, 0.5) is 5.69 Å². The molecule has 1 unspecified atom stereocenters. The highest BCUT2D eigenvalue weighted by Gasteiger charge is 2.08. The molecular weight excluding hydrogens is 210 g/mol. The molecule has 0 heterocycles. The van der Waals surface area contributed by atoms with Gasteiger partial charge in [0.05, 0.1) is 12.1 Å². The van der Waals surface area contributed by atoms with E-state index in [1.165, 1.54) is 11.3 Å². The highest BCUT2D eigenvalue weighted by Crippen LogP contribution is 2.16. The average molecular weight is 231 g/mol. The molecule has 0 aliphatic rings. The Kier molecular flexibility index (Phi) is 5.51. The van der Waals surface area contributed by atoms with Gasteiger partial charge in [-0.05, 0) is 45.0 Å². The molecule has 0 aliphatic carbocycles. The van der Waals surface area contributed by atoms with E-state index in [2.05, 4.69) is 54.4 Å². The third kappa shape index (κ3) is 4.08. The van der Waals surface area contributed by atoms with E-state index in [1.54, 1.807) is 0 Å². The Bertz CT molecular complexity index is 381. The normalized spacial score (nSPS) is 11.9. The van der Waals surface area contributed by atoms with Crippen molar-refractivity contribution in [2.75, 3.05) is 25.0 Å². The molecule has 1 atom stereocenters. The Morgan fingerprint density at radius 3 is 2.76 bits per heavy atom. The smallest absolute Gasteiger partial charge is 0.0967 e. The quantitative estimate of drug-likeness (QED) is 0.816. The molecule has 0 saturated heterocycles. The zero-order valence-electron chi connectivity index (χ0n) is 10.9. The van der Waals surface area contributed by atoms with Crippen molar-refractivity contribution in [1.82, 2.24) is 5.32 Å². The molecule has 3 nitrogen and oxygen atoms in total. The standard InChI is InChI=1S/C14H21N3/c1-4-17(9-8-13(11-15)16-3)14-7-5-6-12(2)10-14/h5-7,10,13,16H,4,8-9H2,1-3H3. The maximum Gasteiger partial charge on any atom is 0.0967 e. The first kappa shape index (κ1) is 13.5. The van der Waals surface area contributed by atoms with Gasteiger partial charge in [-0.3, -0.25) is 0 Å². The van der Waals surface area contributed by atoms with E-state index in [1.807, 2.05) is 7.05 Å². The van der Waals surface area contributed by atoms with Crippen LogP contribution in [0.1, 0.15) is 18.9 Å². The van der Waals surface area contributed by atoms with E-state index in [0.29, 0.717) is 0 Å². The van der Waals surface area contributed by atoms with Crippen LogP contribution in [0, 0.1) is 18.3 Å². The summed E-state index contributed by atoms with van der Waals surface area (Å²) in [6.45, 7) is 6.11. The molecule has 0 saturated carbocycles. The predicted molar refractivity (Wildman–Crippen MR) is 72.1 cm³/mol. The lowest BCUT2D eigenvalue weighted by atomic mass is 10.1. The van der Waals surface area contributed by atoms with Gasteiger partial charge in [0.2, 0.25) is 0 Å². The maximum atomic E-state index is 8.90. The third-order valence-electron chi connectivity index (χ3n) is 2.94. The highest BCUT2D eigenvalue weighted by atomic mass is 15.1. The number of nitrogens with one attached hydrogen (secondary N) is 1. The fourth-order valence-electron chi connectivity index (χ4n) is 1.85. The first-order valence-electron chi connectivity index (χ1n) is 6.09. The Morgan fingerprint density at radius 2 is 2.24 bits per heavy atom. The summed E-state index contributed by atoms with van der Waals surface area (Å²) in [5.74, 6) is 0. The van der Waals surface area contributed by atoms with Gasteiger partial charge >= 0.3 is 0 Å². The van der Waals surface area contributed by atoms with Crippen LogP contribution in [0.25, 0.3) is 0 Å². The summed E-state index contributed by atoms with van der Waals surface area (Å²) in [5, 5.41) is 11.9. The molecule has 0 amide bonds. The molecule has 17 heavy (non-hydrogen) atoms. The minimum absolute atomic E-state index is 0.0612. The van der Waals surface area contributed by atoms with Gasteiger partial charge in [0, 0.05) is 18.8 Å². The number of nitrogens with zero attached hydrogens (tertiary/aromatic N) is 2. The second-order valence-electron chi connectivity index (χ2n) is 4.18. The monoisotopic (exact) mass is 231 g/mol. The van der Waals surface area contributed by atoms with Gasteiger partial charge in [-0.1, -0.05) is 12.1 Å². The summed E-state index contributed by atoms with van der Waals surface area (Å²) in [6.07, 6.45) is 0.842. The molecule has 0 bridgehead atoms. The number of aryl methyl sites for hydroxylation is 1. The van der Waals surface area contributed by atoms with Crippen LogP contribution in [0.3, 0.4) is 0 Å². The molecule has 0 aromatic heterocycles. The number of nitriles is 1. The van der Waals surface area contributed by atoms with Crippen LogP contribution >= 0.6 is 0 Å². The minimum atomic E-state index is -0.0612. The van der Waals surface area contributed by atoms with Gasteiger partial charge in [-0.25, -0.2) is 0 Å². The number of hydrogen-bond donors (Lipinski definition) is 1. The van der Waals surface area contributed by atoms with Crippen LogP contribution in [0.2, 0.25) is 0 Å². The summed E-state index contributed by atoms with van der Waals surface area (Å²) in [6, 6.07) is 10.7. The van der Waals surface area contributed by atoms with E-state index >= 15 is 0 Å². The van der Waals surface area contributed by atoms with Crippen molar-refractivity contribution in [3.05, 3.63) is 29.8 Å². The summed E-state index contributed by atoms with van der Waals surface area (Å²) in [4.78, 5) is 2.30. The molecule has 1 N–H and O–H groups in total. The van der Waals surface area contributed by atoms with Crippen LogP contribution in [0.5, 0.6) is 0 Å². The van der Waals surface area contributed by atoms with Crippen LogP contribution < -0.4 is 10.2 Å². The topological polar surface area (TPSA) is 39.1 Å². The Labute approximate surface area is 104 Å². The molecule has 3 heteroatoms. The van der Waals surface area contributed by atoms with Crippen molar-refractivity contribution in [3.8, 4) is 6.07 Å². The Morgan fingerprint density at radius 1 is 1.47 bits per heavy atom. The lowest BCUT2D eigenvalue weighted by molar-refractivity contribution is 0.611. The lowest BCUT2D eigenvalue weighted by Crippen LogP contribution is -2.31. The summed E-state index contributed by atoms with van der Waals surface area (Å²) >= 11 is 0.